The summed E-state index contributed by atoms with van der Waals surface area (Å²) in [6, 6.07) is 0. The minimum Gasteiger partial charge on any atom is -0.402 e. The van der Waals surface area contributed by atoms with E-state index in [1.54, 1.807) is 19.9 Å². The highest BCUT2D eigenvalue weighted by Crippen LogP contribution is 2.06. The van der Waals surface area contributed by atoms with Crippen molar-refractivity contribution in [3.8, 4) is 0 Å². The van der Waals surface area contributed by atoms with Crippen molar-refractivity contribution in [1.82, 2.24) is 0 Å². The van der Waals surface area contributed by atoms with Crippen LogP contribution in [0.5, 0.6) is 0 Å². The molecule has 0 atom stereocenters. The van der Waals surface area contributed by atoms with Crippen LogP contribution in [0.3, 0.4) is 0 Å². The predicted octanol–water partition coefficient (Wildman–Crippen LogP) is 0.969. The molecule has 3 heteroatoms. The van der Waals surface area contributed by atoms with Gasteiger partial charge in [0, 0.05) is 16.3 Å². The second kappa shape index (κ2) is 3.45. The summed E-state index contributed by atoms with van der Waals surface area (Å²) >= 11 is 4.06. The topological polar surface area (TPSA) is 52.0 Å². The van der Waals surface area contributed by atoms with Gasteiger partial charge in [0.1, 0.15) is 0 Å². The number of allylic oxidation sites excluding steroid dienone is 3. The summed E-state index contributed by atoms with van der Waals surface area (Å²) in [6.45, 7) is 3.57. The summed E-state index contributed by atoms with van der Waals surface area (Å²) in [5.41, 5.74) is 12.1. The first kappa shape index (κ1) is 8.43. The molecule has 0 unspecified atom stereocenters. The molecule has 0 aromatic carbocycles. The Hall–Kier alpha value is -0.570. The van der Waals surface area contributed by atoms with Gasteiger partial charge in [0.05, 0.1) is 0 Å². The van der Waals surface area contributed by atoms with Crippen molar-refractivity contribution in [2.45, 2.75) is 13.8 Å². The molecule has 0 aromatic heterocycles. The summed E-state index contributed by atoms with van der Waals surface area (Å²) in [5, 5.41) is 0. The predicted molar refractivity (Wildman–Crippen MR) is 43.8 cm³/mol. The summed E-state index contributed by atoms with van der Waals surface area (Å²) in [5.74, 6) is 0. The molecule has 0 amide bonds. The number of rotatable bonds is 1. The highest BCUT2D eigenvalue weighted by atomic mass is 32.1. The molecule has 0 aliphatic carbocycles. The maximum absolute atomic E-state index is 5.39. The molecule has 9 heavy (non-hydrogen) atoms. The minimum absolute atomic E-state index is 0.683. The van der Waals surface area contributed by atoms with Gasteiger partial charge in [-0.15, -0.1) is 12.6 Å². The number of nitrogens with two attached hydrogens (primary N) is 2. The second-order valence-electron chi connectivity index (χ2n) is 1.96. The van der Waals surface area contributed by atoms with E-state index in [-0.39, 0.29) is 0 Å². The number of thiol groups is 1. The van der Waals surface area contributed by atoms with Crippen LogP contribution in [0.15, 0.2) is 22.4 Å². The molecule has 0 aromatic rings. The van der Waals surface area contributed by atoms with Crippen LogP contribution in [0, 0.1) is 0 Å². The smallest absolute Gasteiger partial charge is 0.0242 e. The fourth-order valence-electron chi connectivity index (χ4n) is 0.329. The molecule has 0 fully saturated rings. The average molecular weight is 144 g/mol. The fraction of sp³-hybridized carbons (Fsp3) is 0.333. The Balaban J connectivity index is 4.25. The molecule has 0 saturated carbocycles. The Morgan fingerprint density at radius 1 is 1.33 bits per heavy atom. The Labute approximate surface area is 61.0 Å². The minimum atomic E-state index is 0.683. The molecule has 0 bridgehead atoms. The quantitative estimate of drug-likeness (QED) is 0.379. The van der Waals surface area contributed by atoms with Crippen molar-refractivity contribution in [3.05, 3.63) is 22.4 Å². The summed E-state index contributed by atoms with van der Waals surface area (Å²) in [6.07, 6.45) is 1.72. The van der Waals surface area contributed by atoms with E-state index in [1.165, 1.54) is 0 Å². The number of hydrogen-bond donors (Lipinski definition) is 3. The van der Waals surface area contributed by atoms with Crippen molar-refractivity contribution in [3.63, 3.8) is 0 Å². The highest BCUT2D eigenvalue weighted by molar-refractivity contribution is 7.84. The molecule has 0 radical (unpaired) electrons. The lowest BCUT2D eigenvalue weighted by Gasteiger charge is -1.94. The fourth-order valence-corrected chi connectivity index (χ4v) is 0.533. The molecule has 2 nitrogen and oxygen atoms in total. The molecular formula is C6H12N2S. The van der Waals surface area contributed by atoms with Crippen LogP contribution in [0.1, 0.15) is 13.8 Å². The summed E-state index contributed by atoms with van der Waals surface area (Å²) in [4.78, 5) is 0.731. The Kier molecular flexibility index (Phi) is 3.24. The van der Waals surface area contributed by atoms with Crippen molar-refractivity contribution in [2.75, 3.05) is 0 Å². The summed E-state index contributed by atoms with van der Waals surface area (Å²) < 4.78 is 0. The van der Waals surface area contributed by atoms with E-state index in [0.29, 0.717) is 11.4 Å². The van der Waals surface area contributed by atoms with Crippen molar-refractivity contribution in [2.24, 2.45) is 11.5 Å². The van der Waals surface area contributed by atoms with Crippen LogP contribution in [0.2, 0.25) is 0 Å². The zero-order chi connectivity index (χ0) is 7.44. The van der Waals surface area contributed by atoms with Gasteiger partial charge in [0.25, 0.3) is 0 Å². The lowest BCUT2D eigenvalue weighted by atomic mass is 10.4. The van der Waals surface area contributed by atoms with E-state index >= 15 is 0 Å². The highest BCUT2D eigenvalue weighted by Gasteiger charge is 1.86. The van der Waals surface area contributed by atoms with E-state index in [2.05, 4.69) is 12.6 Å². The lowest BCUT2D eigenvalue weighted by molar-refractivity contribution is 1.27. The first-order chi connectivity index (χ1) is 4.04. The third-order valence-electron chi connectivity index (χ3n) is 0.768. The van der Waals surface area contributed by atoms with Crippen LogP contribution < -0.4 is 11.5 Å². The zero-order valence-corrected chi connectivity index (χ0v) is 6.57. The Morgan fingerprint density at radius 2 is 1.78 bits per heavy atom. The van der Waals surface area contributed by atoms with Gasteiger partial charge in [-0.3, -0.25) is 0 Å². The Bertz CT molecular complexity index is 150. The van der Waals surface area contributed by atoms with Crippen molar-refractivity contribution < 1.29 is 0 Å². The molecule has 0 spiro atoms. The third kappa shape index (κ3) is 3.97. The lowest BCUT2D eigenvalue weighted by Crippen LogP contribution is -1.95. The molecular weight excluding hydrogens is 132 g/mol. The average Bonchev–Trinajstić information content (AvgIpc) is 1.63. The van der Waals surface area contributed by atoms with E-state index in [0.717, 1.165) is 4.91 Å². The van der Waals surface area contributed by atoms with Crippen LogP contribution in [0.25, 0.3) is 0 Å². The molecule has 0 aliphatic heterocycles. The van der Waals surface area contributed by atoms with Crippen molar-refractivity contribution in [1.29, 1.82) is 0 Å². The number of hydrogen-bond acceptors (Lipinski definition) is 3. The Morgan fingerprint density at radius 3 is 1.89 bits per heavy atom. The first-order valence-electron chi connectivity index (χ1n) is 2.63. The monoisotopic (exact) mass is 144 g/mol. The van der Waals surface area contributed by atoms with Gasteiger partial charge in [-0.2, -0.15) is 0 Å². The van der Waals surface area contributed by atoms with Crippen LogP contribution in [-0.2, 0) is 0 Å². The maximum Gasteiger partial charge on any atom is 0.0242 e. The van der Waals surface area contributed by atoms with Gasteiger partial charge in [-0.25, -0.2) is 0 Å². The van der Waals surface area contributed by atoms with Gasteiger partial charge in [0.2, 0.25) is 0 Å². The van der Waals surface area contributed by atoms with Gasteiger partial charge < -0.3 is 11.5 Å². The van der Waals surface area contributed by atoms with E-state index in [9.17, 15) is 0 Å². The molecule has 0 rings (SSSR count). The van der Waals surface area contributed by atoms with Gasteiger partial charge >= 0.3 is 0 Å². The maximum atomic E-state index is 5.39. The van der Waals surface area contributed by atoms with Crippen LogP contribution in [0.4, 0.5) is 0 Å². The third-order valence-corrected chi connectivity index (χ3v) is 1.25. The van der Waals surface area contributed by atoms with E-state index in [4.69, 9.17) is 11.5 Å². The molecule has 0 heterocycles. The van der Waals surface area contributed by atoms with Gasteiger partial charge in [0.15, 0.2) is 0 Å². The SMILES string of the molecule is C/C(N)=C/C(S)=C(/C)N. The van der Waals surface area contributed by atoms with E-state index < -0.39 is 0 Å². The van der Waals surface area contributed by atoms with E-state index in [1.807, 2.05) is 0 Å². The molecule has 0 saturated heterocycles. The standard InChI is InChI=1S/C6H12N2S/c1-4(7)3-6(9)5(2)8/h3,9H,7-8H2,1-2H3/b4-3-,6-5+. The second-order valence-corrected chi connectivity index (χ2v) is 2.44. The van der Waals surface area contributed by atoms with Gasteiger partial charge in [-0.1, -0.05) is 0 Å². The molecule has 4 N–H and O–H groups in total. The normalized spacial score (nSPS) is 15.2. The molecule has 0 aliphatic rings. The summed E-state index contributed by atoms with van der Waals surface area (Å²) in [7, 11) is 0. The van der Waals surface area contributed by atoms with Crippen LogP contribution in [-0.4, -0.2) is 0 Å². The zero-order valence-electron chi connectivity index (χ0n) is 5.68. The van der Waals surface area contributed by atoms with Crippen LogP contribution >= 0.6 is 12.6 Å². The van der Waals surface area contributed by atoms with Crippen molar-refractivity contribution >= 4 is 12.6 Å². The van der Waals surface area contributed by atoms with Gasteiger partial charge in [-0.05, 0) is 19.9 Å². The molecule has 52 valence electrons. The largest absolute Gasteiger partial charge is 0.402 e. The first-order valence-corrected chi connectivity index (χ1v) is 3.08.